The highest BCUT2D eigenvalue weighted by atomic mass is 32.1. The molecule has 0 unspecified atom stereocenters. The lowest BCUT2D eigenvalue weighted by Crippen LogP contribution is -2.32. The van der Waals surface area contributed by atoms with Crippen molar-refractivity contribution in [2.24, 2.45) is 5.92 Å². The highest BCUT2D eigenvalue weighted by Gasteiger charge is 2.16. The van der Waals surface area contributed by atoms with Crippen LogP contribution in [0, 0.1) is 12.8 Å². The Morgan fingerprint density at radius 2 is 1.95 bits per heavy atom. The number of nitrogens with one attached hydrogen (secondary N) is 1. The van der Waals surface area contributed by atoms with Crippen LogP contribution in [0.15, 0.2) is 29.8 Å². The van der Waals surface area contributed by atoms with Crippen LogP contribution < -0.4 is 10.2 Å². The van der Waals surface area contributed by atoms with E-state index >= 15 is 0 Å². The maximum absolute atomic E-state index is 12.1. The van der Waals surface area contributed by atoms with E-state index in [0.29, 0.717) is 5.69 Å². The fraction of sp³-hybridized carbons (Fsp3) is 0.412. The third-order valence-corrected chi connectivity index (χ3v) is 4.99. The molecule has 2 aromatic rings. The van der Waals surface area contributed by atoms with Gasteiger partial charge in [-0.05, 0) is 49.9 Å². The summed E-state index contributed by atoms with van der Waals surface area (Å²) in [6.45, 7) is 6.46. The Hall–Kier alpha value is -1.88. The van der Waals surface area contributed by atoms with Crippen LogP contribution in [-0.2, 0) is 0 Å². The lowest BCUT2D eigenvalue weighted by Gasteiger charge is -2.32. The molecule has 1 amide bonds. The second-order valence-electron chi connectivity index (χ2n) is 5.93. The van der Waals surface area contributed by atoms with E-state index in [0.717, 1.165) is 29.6 Å². The summed E-state index contributed by atoms with van der Waals surface area (Å²) < 4.78 is 0. The van der Waals surface area contributed by atoms with E-state index < -0.39 is 0 Å². The van der Waals surface area contributed by atoms with Crippen LogP contribution in [0.2, 0.25) is 0 Å². The molecule has 116 valence electrons. The number of benzene rings is 1. The van der Waals surface area contributed by atoms with Gasteiger partial charge in [-0.15, -0.1) is 11.3 Å². The minimum Gasteiger partial charge on any atom is -0.372 e. The summed E-state index contributed by atoms with van der Waals surface area (Å²) in [5, 5.41) is 2.91. The first-order valence-corrected chi connectivity index (χ1v) is 8.58. The van der Waals surface area contributed by atoms with Crippen LogP contribution in [0.4, 0.5) is 11.4 Å². The third-order valence-electron chi connectivity index (χ3n) is 4.23. The highest BCUT2D eigenvalue weighted by molar-refractivity contribution is 7.09. The number of hydrogen-bond acceptors (Lipinski definition) is 4. The van der Waals surface area contributed by atoms with E-state index in [1.807, 2.05) is 19.1 Å². The SMILES string of the molecule is Cc1scnc1C(=O)Nc1ccc(N2CCC(C)CC2)cc1. The molecule has 0 bridgehead atoms. The van der Waals surface area contributed by atoms with E-state index in [1.165, 1.54) is 29.9 Å². The minimum absolute atomic E-state index is 0.140. The van der Waals surface area contributed by atoms with E-state index in [4.69, 9.17) is 0 Å². The van der Waals surface area contributed by atoms with Crippen molar-refractivity contribution in [3.63, 3.8) is 0 Å². The molecular formula is C17H21N3OS. The number of carbonyl (C=O) groups is 1. The van der Waals surface area contributed by atoms with Crippen molar-refractivity contribution in [3.8, 4) is 0 Å². The van der Waals surface area contributed by atoms with Crippen molar-refractivity contribution in [3.05, 3.63) is 40.3 Å². The topological polar surface area (TPSA) is 45.2 Å². The van der Waals surface area contributed by atoms with Gasteiger partial charge in [0.2, 0.25) is 0 Å². The van der Waals surface area contributed by atoms with Gasteiger partial charge in [0.1, 0.15) is 5.69 Å². The van der Waals surface area contributed by atoms with Gasteiger partial charge < -0.3 is 10.2 Å². The predicted octanol–water partition coefficient (Wildman–Crippen LogP) is 3.94. The second-order valence-corrected chi connectivity index (χ2v) is 6.99. The number of carbonyl (C=O) groups excluding carboxylic acids is 1. The van der Waals surface area contributed by atoms with E-state index in [1.54, 1.807) is 5.51 Å². The third kappa shape index (κ3) is 3.30. The Morgan fingerprint density at radius 3 is 2.55 bits per heavy atom. The lowest BCUT2D eigenvalue weighted by atomic mass is 9.99. The molecule has 1 aromatic heterocycles. The molecule has 1 aliphatic heterocycles. The molecule has 1 N–H and O–H groups in total. The monoisotopic (exact) mass is 315 g/mol. The van der Waals surface area contributed by atoms with Gasteiger partial charge in [-0.25, -0.2) is 4.98 Å². The number of aromatic nitrogens is 1. The Kier molecular flexibility index (Phi) is 4.43. The second kappa shape index (κ2) is 6.48. The van der Waals surface area contributed by atoms with Crippen molar-refractivity contribution in [1.29, 1.82) is 0 Å². The molecule has 3 rings (SSSR count). The van der Waals surface area contributed by atoms with Gasteiger partial charge in [0, 0.05) is 29.3 Å². The van der Waals surface area contributed by atoms with Crippen molar-refractivity contribution < 1.29 is 4.79 Å². The number of amides is 1. The first-order valence-electron chi connectivity index (χ1n) is 7.70. The molecule has 0 aliphatic carbocycles. The molecule has 5 heteroatoms. The molecule has 0 radical (unpaired) electrons. The Morgan fingerprint density at radius 1 is 1.27 bits per heavy atom. The quantitative estimate of drug-likeness (QED) is 0.933. The van der Waals surface area contributed by atoms with Crippen molar-refractivity contribution >= 4 is 28.6 Å². The van der Waals surface area contributed by atoms with Gasteiger partial charge in [-0.1, -0.05) is 6.92 Å². The minimum atomic E-state index is -0.140. The molecule has 1 fully saturated rings. The summed E-state index contributed by atoms with van der Waals surface area (Å²) in [7, 11) is 0. The number of rotatable bonds is 3. The zero-order valence-electron chi connectivity index (χ0n) is 13.0. The summed E-state index contributed by atoms with van der Waals surface area (Å²) in [4.78, 5) is 19.6. The largest absolute Gasteiger partial charge is 0.372 e. The van der Waals surface area contributed by atoms with Crippen molar-refractivity contribution in [2.45, 2.75) is 26.7 Å². The van der Waals surface area contributed by atoms with Crippen LogP contribution in [-0.4, -0.2) is 24.0 Å². The van der Waals surface area contributed by atoms with Crippen LogP contribution in [0.5, 0.6) is 0 Å². The average molecular weight is 315 g/mol. The molecule has 4 nitrogen and oxygen atoms in total. The number of thiazole rings is 1. The summed E-state index contributed by atoms with van der Waals surface area (Å²) >= 11 is 1.49. The number of hydrogen-bond donors (Lipinski definition) is 1. The van der Waals surface area contributed by atoms with Crippen molar-refractivity contribution in [2.75, 3.05) is 23.3 Å². The van der Waals surface area contributed by atoms with Gasteiger partial charge in [0.05, 0.1) is 5.51 Å². The molecule has 0 atom stereocenters. The average Bonchev–Trinajstić information content (AvgIpc) is 2.95. The predicted molar refractivity (Wildman–Crippen MR) is 91.9 cm³/mol. The fourth-order valence-corrected chi connectivity index (χ4v) is 3.31. The van der Waals surface area contributed by atoms with Gasteiger partial charge in [0.15, 0.2) is 0 Å². The maximum Gasteiger partial charge on any atom is 0.275 e. The summed E-state index contributed by atoms with van der Waals surface area (Å²) in [6, 6.07) is 8.10. The van der Waals surface area contributed by atoms with Crippen LogP contribution in [0.25, 0.3) is 0 Å². The molecule has 0 spiro atoms. The molecule has 1 aliphatic rings. The maximum atomic E-state index is 12.1. The Balaban J connectivity index is 1.64. The zero-order chi connectivity index (χ0) is 15.5. The van der Waals surface area contributed by atoms with Gasteiger partial charge >= 0.3 is 0 Å². The number of nitrogens with zero attached hydrogens (tertiary/aromatic N) is 2. The van der Waals surface area contributed by atoms with E-state index in [2.05, 4.69) is 34.3 Å². The molecule has 2 heterocycles. The molecule has 0 saturated carbocycles. The van der Waals surface area contributed by atoms with E-state index in [9.17, 15) is 4.79 Å². The zero-order valence-corrected chi connectivity index (χ0v) is 13.8. The lowest BCUT2D eigenvalue weighted by molar-refractivity contribution is 0.102. The summed E-state index contributed by atoms with van der Waals surface area (Å²) in [6.07, 6.45) is 2.50. The van der Waals surface area contributed by atoms with Crippen LogP contribution >= 0.6 is 11.3 Å². The molecule has 1 aromatic carbocycles. The first kappa shape index (κ1) is 15.0. The van der Waals surface area contributed by atoms with Crippen LogP contribution in [0.1, 0.15) is 35.1 Å². The number of anilines is 2. The van der Waals surface area contributed by atoms with Gasteiger partial charge in [-0.2, -0.15) is 0 Å². The Labute approximate surface area is 135 Å². The fourth-order valence-electron chi connectivity index (χ4n) is 2.74. The molecule has 22 heavy (non-hydrogen) atoms. The van der Waals surface area contributed by atoms with Crippen LogP contribution in [0.3, 0.4) is 0 Å². The smallest absolute Gasteiger partial charge is 0.275 e. The molecule has 1 saturated heterocycles. The van der Waals surface area contributed by atoms with E-state index in [-0.39, 0.29) is 5.91 Å². The van der Waals surface area contributed by atoms with Gasteiger partial charge in [0.25, 0.3) is 5.91 Å². The standard InChI is InChI=1S/C17H21N3OS/c1-12-7-9-20(10-8-12)15-5-3-14(4-6-15)19-17(21)16-13(2)22-11-18-16/h3-6,11-12H,7-10H2,1-2H3,(H,19,21). The highest BCUT2D eigenvalue weighted by Crippen LogP contribution is 2.24. The Bertz CT molecular complexity index is 642. The number of piperidine rings is 1. The van der Waals surface area contributed by atoms with Gasteiger partial charge in [-0.3, -0.25) is 4.79 Å². The summed E-state index contributed by atoms with van der Waals surface area (Å²) in [5.74, 6) is 0.689. The number of aryl methyl sites for hydroxylation is 1. The molecular weight excluding hydrogens is 294 g/mol. The van der Waals surface area contributed by atoms with Crippen molar-refractivity contribution in [1.82, 2.24) is 4.98 Å². The normalized spacial score (nSPS) is 15.8. The summed E-state index contributed by atoms with van der Waals surface area (Å²) in [5.41, 5.74) is 4.25. The first-order chi connectivity index (χ1) is 10.6.